The van der Waals surface area contributed by atoms with Gasteiger partial charge in [-0.05, 0) is 23.6 Å². The second kappa shape index (κ2) is 6.77. The van der Waals surface area contributed by atoms with E-state index in [-0.39, 0.29) is 12.5 Å². The van der Waals surface area contributed by atoms with Crippen molar-refractivity contribution in [3.63, 3.8) is 0 Å². The first-order chi connectivity index (χ1) is 7.99. The van der Waals surface area contributed by atoms with Crippen molar-refractivity contribution in [3.05, 3.63) is 34.3 Å². The number of aliphatic carboxylic acids is 1. The van der Waals surface area contributed by atoms with E-state index in [0.717, 1.165) is 10.0 Å². The lowest BCUT2D eigenvalue weighted by atomic mass is 10.0. The first-order valence-corrected chi connectivity index (χ1v) is 6.48. The minimum Gasteiger partial charge on any atom is -0.481 e. The fourth-order valence-electron chi connectivity index (χ4n) is 1.63. The molecule has 0 unspecified atom stereocenters. The van der Waals surface area contributed by atoms with E-state index in [9.17, 15) is 4.79 Å². The van der Waals surface area contributed by atoms with Crippen LogP contribution in [0, 0.1) is 5.92 Å². The molecule has 0 radical (unpaired) electrons. The predicted octanol–water partition coefficient (Wildman–Crippen LogP) is 3.04. The molecular formula is C13H18BrNO2. The quantitative estimate of drug-likeness (QED) is 0.849. The monoisotopic (exact) mass is 299 g/mol. The Hall–Kier alpha value is -0.870. The molecule has 1 aromatic carbocycles. The fraction of sp³-hybridized carbons (Fsp3) is 0.462. The van der Waals surface area contributed by atoms with E-state index in [1.54, 1.807) is 0 Å². The molecule has 0 aromatic heterocycles. The van der Waals surface area contributed by atoms with Gasteiger partial charge in [0.2, 0.25) is 0 Å². The second-order valence-electron chi connectivity index (χ2n) is 4.46. The number of carboxylic acid groups (broad SMARTS) is 1. The highest BCUT2D eigenvalue weighted by Crippen LogP contribution is 2.13. The number of benzene rings is 1. The summed E-state index contributed by atoms with van der Waals surface area (Å²) in [5.41, 5.74) is 1.15. The third-order valence-corrected chi connectivity index (χ3v) is 3.15. The molecule has 0 bridgehead atoms. The molecule has 0 spiro atoms. The standard InChI is InChI=1S/C13H18BrNO2/c1-9(2)12(7-13(16)17)15-8-10-4-3-5-11(14)6-10/h3-6,9,12,15H,7-8H2,1-2H3,(H,16,17)/t12-/m1/s1. The molecule has 1 aromatic rings. The van der Waals surface area contributed by atoms with Crippen LogP contribution in [-0.4, -0.2) is 17.1 Å². The minimum absolute atomic E-state index is 0.00600. The summed E-state index contributed by atoms with van der Waals surface area (Å²) in [6.45, 7) is 4.75. The lowest BCUT2D eigenvalue weighted by molar-refractivity contribution is -0.137. The van der Waals surface area contributed by atoms with Gasteiger partial charge in [-0.1, -0.05) is 41.9 Å². The number of hydrogen-bond acceptors (Lipinski definition) is 2. The average molecular weight is 300 g/mol. The van der Waals surface area contributed by atoms with E-state index in [4.69, 9.17) is 5.11 Å². The van der Waals surface area contributed by atoms with Gasteiger partial charge in [-0.25, -0.2) is 0 Å². The van der Waals surface area contributed by atoms with Crippen LogP contribution >= 0.6 is 15.9 Å². The van der Waals surface area contributed by atoms with Gasteiger partial charge in [-0.2, -0.15) is 0 Å². The van der Waals surface area contributed by atoms with Gasteiger partial charge in [0.15, 0.2) is 0 Å². The van der Waals surface area contributed by atoms with Gasteiger partial charge in [-0.15, -0.1) is 0 Å². The maximum Gasteiger partial charge on any atom is 0.304 e. The number of rotatable bonds is 6. The normalized spacial score (nSPS) is 12.7. The Morgan fingerprint density at radius 2 is 2.18 bits per heavy atom. The van der Waals surface area contributed by atoms with Crippen LogP contribution in [-0.2, 0) is 11.3 Å². The molecule has 0 fully saturated rings. The highest BCUT2D eigenvalue weighted by Gasteiger charge is 2.16. The molecule has 0 aliphatic rings. The van der Waals surface area contributed by atoms with Crippen molar-refractivity contribution in [2.24, 2.45) is 5.92 Å². The van der Waals surface area contributed by atoms with Gasteiger partial charge in [0.05, 0.1) is 6.42 Å². The molecule has 94 valence electrons. The number of halogens is 1. The first kappa shape index (κ1) is 14.2. The van der Waals surface area contributed by atoms with Crippen LogP contribution in [0.25, 0.3) is 0 Å². The van der Waals surface area contributed by atoms with Gasteiger partial charge < -0.3 is 10.4 Å². The largest absolute Gasteiger partial charge is 0.481 e. The Morgan fingerprint density at radius 3 is 2.71 bits per heavy atom. The molecule has 0 heterocycles. The Balaban J connectivity index is 2.54. The van der Waals surface area contributed by atoms with E-state index in [0.29, 0.717) is 12.5 Å². The van der Waals surface area contributed by atoms with E-state index in [1.165, 1.54) is 0 Å². The summed E-state index contributed by atoms with van der Waals surface area (Å²) in [6, 6.07) is 8.01. The van der Waals surface area contributed by atoms with Gasteiger partial charge in [0.25, 0.3) is 0 Å². The molecule has 1 atom stereocenters. The summed E-state index contributed by atoms with van der Waals surface area (Å²) >= 11 is 3.42. The number of carboxylic acids is 1. The van der Waals surface area contributed by atoms with E-state index in [2.05, 4.69) is 21.2 Å². The minimum atomic E-state index is -0.759. The fourth-order valence-corrected chi connectivity index (χ4v) is 2.07. The van der Waals surface area contributed by atoms with Crippen molar-refractivity contribution in [2.75, 3.05) is 0 Å². The molecule has 0 aliphatic heterocycles. The Kier molecular flexibility index (Phi) is 5.65. The highest BCUT2D eigenvalue weighted by atomic mass is 79.9. The maximum absolute atomic E-state index is 10.7. The summed E-state index contributed by atoms with van der Waals surface area (Å²) in [5, 5.41) is 12.1. The van der Waals surface area contributed by atoms with Gasteiger partial charge in [-0.3, -0.25) is 4.79 Å². The SMILES string of the molecule is CC(C)[C@@H](CC(=O)O)NCc1cccc(Br)c1. The molecule has 2 N–H and O–H groups in total. The highest BCUT2D eigenvalue weighted by molar-refractivity contribution is 9.10. The molecule has 17 heavy (non-hydrogen) atoms. The summed E-state index contributed by atoms with van der Waals surface area (Å²) < 4.78 is 1.04. The maximum atomic E-state index is 10.7. The van der Waals surface area contributed by atoms with E-state index < -0.39 is 5.97 Å². The number of hydrogen-bond donors (Lipinski definition) is 2. The van der Waals surface area contributed by atoms with Crippen LogP contribution in [0.1, 0.15) is 25.8 Å². The molecule has 4 heteroatoms. The molecule has 0 saturated carbocycles. The van der Waals surface area contributed by atoms with Gasteiger partial charge in [0, 0.05) is 17.1 Å². The molecule has 3 nitrogen and oxygen atoms in total. The van der Waals surface area contributed by atoms with Gasteiger partial charge in [0.1, 0.15) is 0 Å². The van der Waals surface area contributed by atoms with Crippen molar-refractivity contribution in [2.45, 2.75) is 32.9 Å². The van der Waals surface area contributed by atoms with E-state index in [1.807, 2.05) is 38.1 Å². The van der Waals surface area contributed by atoms with Crippen molar-refractivity contribution >= 4 is 21.9 Å². The lowest BCUT2D eigenvalue weighted by Gasteiger charge is -2.20. The Bertz CT molecular complexity index is 379. The summed E-state index contributed by atoms with van der Waals surface area (Å²) in [5.74, 6) is -0.455. The molecule has 0 amide bonds. The third-order valence-electron chi connectivity index (χ3n) is 2.66. The summed E-state index contributed by atoms with van der Waals surface area (Å²) in [7, 11) is 0. The Labute approximate surface area is 110 Å². The molecule has 0 aliphatic carbocycles. The average Bonchev–Trinajstić information content (AvgIpc) is 2.23. The summed E-state index contributed by atoms with van der Waals surface area (Å²) in [6.07, 6.45) is 0.158. The van der Waals surface area contributed by atoms with Gasteiger partial charge >= 0.3 is 5.97 Å². The van der Waals surface area contributed by atoms with Crippen LogP contribution in [0.3, 0.4) is 0 Å². The van der Waals surface area contributed by atoms with Crippen molar-refractivity contribution in [3.8, 4) is 0 Å². The van der Waals surface area contributed by atoms with Crippen LogP contribution in [0.5, 0.6) is 0 Å². The van der Waals surface area contributed by atoms with Crippen molar-refractivity contribution in [1.82, 2.24) is 5.32 Å². The Morgan fingerprint density at radius 1 is 1.47 bits per heavy atom. The zero-order valence-electron chi connectivity index (χ0n) is 10.1. The number of nitrogens with one attached hydrogen (secondary N) is 1. The third kappa shape index (κ3) is 5.33. The van der Waals surface area contributed by atoms with Crippen molar-refractivity contribution < 1.29 is 9.90 Å². The lowest BCUT2D eigenvalue weighted by Crippen LogP contribution is -2.35. The topological polar surface area (TPSA) is 49.3 Å². The molecule has 1 rings (SSSR count). The molecule has 0 saturated heterocycles. The zero-order chi connectivity index (χ0) is 12.8. The zero-order valence-corrected chi connectivity index (χ0v) is 11.7. The van der Waals surface area contributed by atoms with Crippen molar-refractivity contribution in [1.29, 1.82) is 0 Å². The first-order valence-electron chi connectivity index (χ1n) is 5.68. The van der Waals surface area contributed by atoms with Crippen LogP contribution in [0.2, 0.25) is 0 Å². The number of carbonyl (C=O) groups is 1. The predicted molar refractivity (Wildman–Crippen MR) is 71.9 cm³/mol. The van der Waals surface area contributed by atoms with Crippen LogP contribution < -0.4 is 5.32 Å². The van der Waals surface area contributed by atoms with Crippen LogP contribution in [0.4, 0.5) is 0 Å². The van der Waals surface area contributed by atoms with Crippen LogP contribution in [0.15, 0.2) is 28.7 Å². The van der Waals surface area contributed by atoms with E-state index >= 15 is 0 Å². The molecular weight excluding hydrogens is 282 g/mol. The summed E-state index contributed by atoms with van der Waals surface area (Å²) in [4.78, 5) is 10.7. The smallest absolute Gasteiger partial charge is 0.304 e. The second-order valence-corrected chi connectivity index (χ2v) is 5.37.